The first-order valence-electron chi connectivity index (χ1n) is 6.26. The van der Waals surface area contributed by atoms with Crippen LogP contribution in [0.15, 0.2) is 40.9 Å². The van der Waals surface area contributed by atoms with E-state index in [4.69, 9.17) is 16.3 Å². The van der Waals surface area contributed by atoms with Crippen LogP contribution in [0, 0.1) is 6.92 Å². The summed E-state index contributed by atoms with van der Waals surface area (Å²) >= 11 is 9.39. The van der Waals surface area contributed by atoms with Gasteiger partial charge in [-0.15, -0.1) is 0 Å². The van der Waals surface area contributed by atoms with Crippen molar-refractivity contribution in [3.8, 4) is 5.75 Å². The molecule has 0 atom stereocenters. The molecule has 0 aliphatic heterocycles. The van der Waals surface area contributed by atoms with Gasteiger partial charge in [-0.25, -0.2) is 0 Å². The molecular formula is C16H14BrClO2. The summed E-state index contributed by atoms with van der Waals surface area (Å²) in [6.45, 7) is 4.40. The average molecular weight is 354 g/mol. The minimum atomic E-state index is -0.0556. The van der Waals surface area contributed by atoms with Gasteiger partial charge in [0.25, 0.3) is 0 Å². The lowest BCUT2D eigenvalue weighted by Gasteiger charge is -2.09. The maximum absolute atomic E-state index is 12.6. The zero-order valence-electron chi connectivity index (χ0n) is 11.2. The van der Waals surface area contributed by atoms with Gasteiger partial charge in [-0.2, -0.15) is 0 Å². The van der Waals surface area contributed by atoms with Crippen molar-refractivity contribution in [2.24, 2.45) is 0 Å². The molecule has 0 saturated carbocycles. The topological polar surface area (TPSA) is 26.3 Å². The van der Waals surface area contributed by atoms with E-state index in [1.54, 1.807) is 30.3 Å². The lowest BCUT2D eigenvalue weighted by Crippen LogP contribution is -2.05. The summed E-state index contributed by atoms with van der Waals surface area (Å²) < 4.78 is 6.12. The second-order valence-corrected chi connectivity index (χ2v) is 5.65. The highest BCUT2D eigenvalue weighted by molar-refractivity contribution is 9.10. The van der Waals surface area contributed by atoms with Gasteiger partial charge in [-0.3, -0.25) is 4.79 Å². The molecule has 2 nitrogen and oxygen atoms in total. The van der Waals surface area contributed by atoms with Crippen molar-refractivity contribution in [1.82, 2.24) is 0 Å². The van der Waals surface area contributed by atoms with Crippen LogP contribution < -0.4 is 4.74 Å². The Labute approximate surface area is 131 Å². The first-order chi connectivity index (χ1) is 9.52. The van der Waals surface area contributed by atoms with Crippen molar-refractivity contribution in [3.63, 3.8) is 0 Å². The SMILES string of the molecule is CCOc1ccc(C(=O)c2cc(Cl)ccc2C)c(Br)c1. The molecule has 0 unspecified atom stereocenters. The Bertz CT molecular complexity index is 653. The summed E-state index contributed by atoms with van der Waals surface area (Å²) in [5, 5.41) is 0.556. The minimum absolute atomic E-state index is 0.0556. The van der Waals surface area contributed by atoms with Crippen LogP contribution >= 0.6 is 27.5 Å². The molecule has 0 amide bonds. The normalized spacial score (nSPS) is 10.4. The number of hydrogen-bond acceptors (Lipinski definition) is 2. The van der Waals surface area contributed by atoms with Gasteiger partial charge in [0, 0.05) is 20.6 Å². The predicted octanol–water partition coefficient (Wildman–Crippen LogP) is 5.04. The van der Waals surface area contributed by atoms with Gasteiger partial charge in [0.05, 0.1) is 6.61 Å². The number of halogens is 2. The summed E-state index contributed by atoms with van der Waals surface area (Å²) in [5.41, 5.74) is 2.11. The van der Waals surface area contributed by atoms with E-state index < -0.39 is 0 Å². The molecule has 0 fully saturated rings. The molecule has 0 radical (unpaired) electrons. The van der Waals surface area contributed by atoms with Gasteiger partial charge < -0.3 is 4.74 Å². The quantitative estimate of drug-likeness (QED) is 0.720. The van der Waals surface area contributed by atoms with Crippen molar-refractivity contribution in [3.05, 3.63) is 62.6 Å². The molecule has 0 aromatic heterocycles. The van der Waals surface area contributed by atoms with Crippen LogP contribution in [-0.4, -0.2) is 12.4 Å². The zero-order valence-corrected chi connectivity index (χ0v) is 13.6. The molecule has 104 valence electrons. The average Bonchev–Trinajstić information content (AvgIpc) is 2.41. The van der Waals surface area contributed by atoms with E-state index in [-0.39, 0.29) is 5.78 Å². The fourth-order valence-electron chi connectivity index (χ4n) is 1.92. The number of aryl methyl sites for hydroxylation is 1. The molecule has 0 aliphatic carbocycles. The Morgan fingerprint density at radius 3 is 2.60 bits per heavy atom. The van der Waals surface area contributed by atoms with Crippen LogP contribution in [0.2, 0.25) is 5.02 Å². The second kappa shape index (κ2) is 6.42. The molecular weight excluding hydrogens is 340 g/mol. The molecule has 0 saturated heterocycles. The summed E-state index contributed by atoms with van der Waals surface area (Å²) in [4.78, 5) is 12.6. The molecule has 2 rings (SSSR count). The largest absolute Gasteiger partial charge is 0.494 e. The lowest BCUT2D eigenvalue weighted by molar-refractivity contribution is 0.103. The highest BCUT2D eigenvalue weighted by Crippen LogP contribution is 2.27. The van der Waals surface area contributed by atoms with Crippen molar-refractivity contribution in [1.29, 1.82) is 0 Å². The van der Waals surface area contributed by atoms with Crippen LogP contribution in [0.3, 0.4) is 0 Å². The number of carbonyl (C=O) groups excluding carboxylic acids is 1. The van der Waals surface area contributed by atoms with E-state index in [1.165, 1.54) is 0 Å². The molecule has 0 aliphatic rings. The Morgan fingerprint density at radius 1 is 1.20 bits per heavy atom. The fourth-order valence-corrected chi connectivity index (χ4v) is 2.63. The van der Waals surface area contributed by atoms with Gasteiger partial charge in [0.2, 0.25) is 0 Å². The summed E-state index contributed by atoms with van der Waals surface area (Å²) in [5.74, 6) is 0.679. The van der Waals surface area contributed by atoms with Crippen molar-refractivity contribution in [2.75, 3.05) is 6.61 Å². The van der Waals surface area contributed by atoms with Crippen LogP contribution in [0.1, 0.15) is 28.4 Å². The van der Waals surface area contributed by atoms with E-state index in [0.717, 1.165) is 11.3 Å². The molecule has 0 heterocycles. The van der Waals surface area contributed by atoms with Crippen LogP contribution in [0.25, 0.3) is 0 Å². The monoisotopic (exact) mass is 352 g/mol. The van der Waals surface area contributed by atoms with Crippen LogP contribution in [0.5, 0.6) is 5.75 Å². The van der Waals surface area contributed by atoms with Crippen molar-refractivity contribution in [2.45, 2.75) is 13.8 Å². The molecule has 0 N–H and O–H groups in total. The number of benzene rings is 2. The molecule has 4 heteroatoms. The number of ether oxygens (including phenoxy) is 1. The summed E-state index contributed by atoms with van der Waals surface area (Å²) in [6.07, 6.45) is 0. The zero-order chi connectivity index (χ0) is 14.7. The third kappa shape index (κ3) is 3.22. The van der Waals surface area contributed by atoms with Gasteiger partial charge >= 0.3 is 0 Å². The Kier molecular flexibility index (Phi) is 4.84. The van der Waals surface area contributed by atoms with Gasteiger partial charge in [0.15, 0.2) is 5.78 Å². The van der Waals surface area contributed by atoms with E-state index in [0.29, 0.717) is 27.2 Å². The second-order valence-electron chi connectivity index (χ2n) is 4.36. The number of hydrogen-bond donors (Lipinski definition) is 0. The van der Waals surface area contributed by atoms with Crippen molar-refractivity contribution >= 4 is 33.3 Å². The van der Waals surface area contributed by atoms with Crippen LogP contribution in [-0.2, 0) is 0 Å². The molecule has 20 heavy (non-hydrogen) atoms. The number of ketones is 1. The van der Waals surface area contributed by atoms with E-state index in [2.05, 4.69) is 15.9 Å². The van der Waals surface area contributed by atoms with E-state index in [1.807, 2.05) is 19.9 Å². The maximum Gasteiger partial charge on any atom is 0.194 e. The van der Waals surface area contributed by atoms with Gasteiger partial charge in [-0.1, -0.05) is 17.7 Å². The Balaban J connectivity index is 2.40. The summed E-state index contributed by atoms with van der Waals surface area (Å²) in [7, 11) is 0. The van der Waals surface area contributed by atoms with E-state index >= 15 is 0 Å². The Hall–Kier alpha value is -1.32. The number of rotatable bonds is 4. The Morgan fingerprint density at radius 2 is 1.95 bits per heavy atom. The third-order valence-electron chi connectivity index (χ3n) is 2.94. The molecule has 2 aromatic rings. The fraction of sp³-hybridized carbons (Fsp3) is 0.188. The standard InChI is InChI=1S/C16H14BrClO2/c1-3-20-12-6-7-13(15(17)9-12)16(19)14-8-11(18)5-4-10(14)2/h4-9H,3H2,1-2H3. The van der Waals surface area contributed by atoms with E-state index in [9.17, 15) is 4.79 Å². The number of carbonyl (C=O) groups is 1. The first kappa shape index (κ1) is 15.1. The van der Waals surface area contributed by atoms with Gasteiger partial charge in [-0.05, 0) is 65.7 Å². The first-order valence-corrected chi connectivity index (χ1v) is 7.43. The lowest BCUT2D eigenvalue weighted by atomic mass is 9.99. The highest BCUT2D eigenvalue weighted by atomic mass is 79.9. The smallest absolute Gasteiger partial charge is 0.194 e. The van der Waals surface area contributed by atoms with Gasteiger partial charge in [0.1, 0.15) is 5.75 Å². The molecule has 0 spiro atoms. The van der Waals surface area contributed by atoms with Crippen LogP contribution in [0.4, 0.5) is 0 Å². The molecule has 2 aromatic carbocycles. The third-order valence-corrected chi connectivity index (χ3v) is 3.83. The van der Waals surface area contributed by atoms with Crippen molar-refractivity contribution < 1.29 is 9.53 Å². The maximum atomic E-state index is 12.6. The summed E-state index contributed by atoms with van der Waals surface area (Å²) in [6, 6.07) is 10.7. The molecule has 0 bridgehead atoms. The highest BCUT2D eigenvalue weighted by Gasteiger charge is 2.15. The minimum Gasteiger partial charge on any atom is -0.494 e. The predicted molar refractivity (Wildman–Crippen MR) is 84.9 cm³/mol.